The molecule has 140 heavy (non-hydrogen) atoms. The molecule has 0 spiro atoms. The number of para-hydroxylation sites is 1. The summed E-state index contributed by atoms with van der Waals surface area (Å²) in [6, 6.07) is 134. The van der Waals surface area contributed by atoms with Crippen LogP contribution in [0.1, 0.15) is 244 Å². The molecule has 16 aromatic rings. The van der Waals surface area contributed by atoms with Gasteiger partial charge in [0.15, 0.2) is 0 Å². The molecule has 0 fully saturated rings. The highest BCUT2D eigenvalue weighted by atomic mass is 35.5. The first-order chi connectivity index (χ1) is 65.7. The molecule has 0 N–H and O–H groups in total. The number of aryl methyl sites for hydroxylation is 6. The standard InChI is InChI=1S/C17H19Cl.3C17H20O.2C17H20.C16H17Cl.C16H18O/c1-12-9-14(11-16(18)10-12)13-5-7-15(8-6-13)17(2,3)4;3*1-13-5-9-15(10-6-13)18-16-11-7-14(8-12-16)17(2,3)4;2*1-13-5-7-14(8-6-13)15-9-11-16(12-10-15)17(2,3)4;1-16(2,3)13-10-8-12(9-11-13)14-6-4-5-7-15(14)17;1-16(2,3)13-9-11-15(12-10-13)17-14-7-5-4-6-8-14/h5-11H,1-4H3;3*5-12H,1-4H3;2*5-12H,1-4H3;4-11H,1-3H3;4-12H,1-3H3. The second-order valence-corrected chi connectivity index (χ2v) is 45.6. The molecule has 0 heterocycles. The van der Waals surface area contributed by atoms with Crippen molar-refractivity contribution in [3.8, 4) is 90.5 Å². The number of rotatable bonds is 12. The molecule has 0 unspecified atom stereocenters. The lowest BCUT2D eigenvalue weighted by molar-refractivity contribution is 0.481. The normalized spacial score (nSPS) is 11.4. The Kier molecular flexibility index (Phi) is 39.6. The fourth-order valence-corrected chi connectivity index (χ4v) is 15.2. The van der Waals surface area contributed by atoms with Gasteiger partial charge in [-0.1, -0.05) is 490 Å². The Morgan fingerprint density at radius 2 is 0.321 bits per heavy atom. The maximum atomic E-state index is 6.19. The Morgan fingerprint density at radius 1 is 0.150 bits per heavy atom. The van der Waals surface area contributed by atoms with Crippen LogP contribution in [-0.2, 0) is 43.3 Å². The molecule has 0 aliphatic heterocycles. The summed E-state index contributed by atoms with van der Waals surface area (Å²) in [6.07, 6.45) is 0. The molecule has 4 nitrogen and oxygen atoms in total. The maximum absolute atomic E-state index is 6.19. The fourth-order valence-electron chi connectivity index (χ4n) is 14.7. The molecular weight excluding hydrogens is 1740 g/mol. The SMILES string of the molecule is CC(C)(C)c1ccc(-c2ccccc2Cl)cc1.CC(C)(C)c1ccc(Oc2ccccc2)cc1.Cc1cc(Cl)cc(-c2ccc(C(C)(C)C)cc2)c1.Cc1ccc(-c2ccc(C(C)(C)C)cc2)cc1.Cc1ccc(-c2ccc(C(C)(C)C)cc2)cc1.Cc1ccc(Oc2ccc(C(C)(C)C)cc2)cc1.Cc1ccc(Oc2ccc(C(C)(C)C)cc2)cc1.Cc1ccc(Oc2ccc(C(C)(C)C)cc2)cc1. The van der Waals surface area contributed by atoms with E-state index in [1.54, 1.807) is 0 Å². The third-order valence-electron chi connectivity index (χ3n) is 24.0. The van der Waals surface area contributed by atoms with E-state index < -0.39 is 0 Å². The molecule has 0 aliphatic rings. The Bertz CT molecular complexity index is 6020. The zero-order valence-electron chi connectivity index (χ0n) is 89.3. The summed E-state index contributed by atoms with van der Waals surface area (Å²) in [5, 5.41) is 1.60. The van der Waals surface area contributed by atoms with Crippen molar-refractivity contribution in [2.24, 2.45) is 0 Å². The van der Waals surface area contributed by atoms with Crippen LogP contribution in [0.4, 0.5) is 0 Å². The zero-order chi connectivity index (χ0) is 103. The van der Waals surface area contributed by atoms with Crippen LogP contribution in [0.15, 0.2) is 388 Å². The van der Waals surface area contributed by atoms with E-state index in [0.717, 1.165) is 61.6 Å². The van der Waals surface area contributed by atoms with Crippen molar-refractivity contribution in [2.75, 3.05) is 0 Å². The van der Waals surface area contributed by atoms with Gasteiger partial charge in [0.2, 0.25) is 0 Å². The van der Waals surface area contributed by atoms with Crippen molar-refractivity contribution in [2.45, 2.75) is 251 Å². The maximum Gasteiger partial charge on any atom is 0.127 e. The number of ether oxygens (including phenoxy) is 4. The quantitative estimate of drug-likeness (QED) is 0.122. The minimum Gasteiger partial charge on any atom is -0.457 e. The van der Waals surface area contributed by atoms with Gasteiger partial charge in [-0.05, 0) is 289 Å². The third kappa shape index (κ3) is 37.1. The highest BCUT2D eigenvalue weighted by molar-refractivity contribution is 6.33. The van der Waals surface area contributed by atoms with Crippen LogP contribution in [0.5, 0.6) is 46.0 Å². The van der Waals surface area contributed by atoms with Gasteiger partial charge in [-0.3, -0.25) is 0 Å². The Hall–Kier alpha value is -12.7. The molecule has 0 aromatic heterocycles. The highest BCUT2D eigenvalue weighted by Gasteiger charge is 2.21. The van der Waals surface area contributed by atoms with Crippen LogP contribution in [-0.4, -0.2) is 0 Å². The van der Waals surface area contributed by atoms with Gasteiger partial charge in [0.1, 0.15) is 46.0 Å². The lowest BCUT2D eigenvalue weighted by Crippen LogP contribution is -2.10. The van der Waals surface area contributed by atoms with Crippen LogP contribution in [0.3, 0.4) is 0 Å². The first-order valence-electron chi connectivity index (χ1n) is 49.2. The topological polar surface area (TPSA) is 36.9 Å². The van der Waals surface area contributed by atoms with Crippen molar-refractivity contribution in [1.82, 2.24) is 0 Å². The van der Waals surface area contributed by atoms with E-state index in [9.17, 15) is 0 Å². The number of benzene rings is 16. The summed E-state index contributed by atoms with van der Waals surface area (Å²) in [7, 11) is 0. The predicted octanol–water partition coefficient (Wildman–Crippen LogP) is 40.9. The molecule has 0 atom stereocenters. The smallest absolute Gasteiger partial charge is 0.127 e. The van der Waals surface area contributed by atoms with Crippen molar-refractivity contribution < 1.29 is 18.9 Å². The molecule has 0 aliphatic carbocycles. The van der Waals surface area contributed by atoms with Gasteiger partial charge >= 0.3 is 0 Å². The van der Waals surface area contributed by atoms with Gasteiger partial charge in [-0.2, -0.15) is 0 Å². The van der Waals surface area contributed by atoms with Crippen LogP contribution < -0.4 is 18.9 Å². The monoisotopic (exact) mass is 1900 g/mol. The van der Waals surface area contributed by atoms with Gasteiger partial charge in [0, 0.05) is 15.6 Å². The van der Waals surface area contributed by atoms with Crippen molar-refractivity contribution in [3.63, 3.8) is 0 Å². The summed E-state index contributed by atoms with van der Waals surface area (Å²) in [5.74, 6) is 7.03. The lowest BCUT2D eigenvalue weighted by atomic mass is 9.86. The van der Waals surface area contributed by atoms with E-state index in [1.165, 1.54) is 117 Å². The molecule has 728 valence electrons. The largest absolute Gasteiger partial charge is 0.457 e. The van der Waals surface area contributed by atoms with Gasteiger partial charge in [-0.15, -0.1) is 0 Å². The molecule has 6 heteroatoms. The molecule has 16 rings (SSSR count). The molecule has 16 aromatic carbocycles. The Labute approximate surface area is 853 Å². The second kappa shape index (κ2) is 49.9. The van der Waals surface area contributed by atoms with E-state index in [1.807, 2.05) is 146 Å². The summed E-state index contributed by atoms with van der Waals surface area (Å²) < 4.78 is 23.1. The molecule has 0 radical (unpaired) electrons. The second-order valence-electron chi connectivity index (χ2n) is 44.8. The summed E-state index contributed by atoms with van der Waals surface area (Å²) in [4.78, 5) is 0. The number of hydrogen-bond donors (Lipinski definition) is 0. The summed E-state index contributed by atoms with van der Waals surface area (Å²) in [6.45, 7) is 65.8. The first kappa shape index (κ1) is 111. The zero-order valence-corrected chi connectivity index (χ0v) is 90.9. The van der Waals surface area contributed by atoms with Crippen LogP contribution in [0.2, 0.25) is 10.0 Å². The van der Waals surface area contributed by atoms with Crippen LogP contribution in [0.25, 0.3) is 44.5 Å². The van der Waals surface area contributed by atoms with E-state index in [2.05, 4.69) is 450 Å². The van der Waals surface area contributed by atoms with E-state index in [4.69, 9.17) is 42.1 Å². The summed E-state index contributed by atoms with van der Waals surface area (Å²) >= 11 is 12.3. The minimum absolute atomic E-state index is 0.183. The van der Waals surface area contributed by atoms with Crippen molar-refractivity contribution in [1.29, 1.82) is 0 Å². The van der Waals surface area contributed by atoms with Gasteiger partial charge in [0.05, 0.1) is 0 Å². The molecule has 0 bridgehead atoms. The van der Waals surface area contributed by atoms with Crippen LogP contribution in [0, 0.1) is 41.5 Å². The number of hydrogen-bond acceptors (Lipinski definition) is 4. The van der Waals surface area contributed by atoms with Crippen molar-refractivity contribution >= 4 is 23.2 Å². The Morgan fingerprint density at radius 3 is 0.536 bits per heavy atom. The lowest BCUT2D eigenvalue weighted by Gasteiger charge is -2.19. The average Bonchev–Trinajstić information content (AvgIpc) is 0.831. The minimum atomic E-state index is 0.183. The van der Waals surface area contributed by atoms with Gasteiger partial charge in [-0.25, -0.2) is 0 Å². The Balaban J connectivity index is 0.000000179. The summed E-state index contributed by atoms with van der Waals surface area (Å²) in [5.41, 5.74) is 29.7. The molecule has 0 amide bonds. The van der Waals surface area contributed by atoms with Crippen molar-refractivity contribution in [3.05, 3.63) is 476 Å². The van der Waals surface area contributed by atoms with Gasteiger partial charge < -0.3 is 18.9 Å². The van der Waals surface area contributed by atoms with E-state index in [0.29, 0.717) is 0 Å². The van der Waals surface area contributed by atoms with Crippen LogP contribution >= 0.6 is 23.2 Å². The average molecular weight is 1900 g/mol. The molecular formula is C134H154Cl2O4. The third-order valence-corrected chi connectivity index (χ3v) is 24.5. The van der Waals surface area contributed by atoms with E-state index in [-0.39, 0.29) is 43.3 Å². The fraction of sp³-hybridized carbons (Fsp3) is 0.284. The predicted molar refractivity (Wildman–Crippen MR) is 607 cm³/mol. The molecule has 0 saturated heterocycles. The molecule has 0 saturated carbocycles. The first-order valence-corrected chi connectivity index (χ1v) is 49.9. The highest BCUT2D eigenvalue weighted by Crippen LogP contribution is 2.38. The van der Waals surface area contributed by atoms with Gasteiger partial charge in [0.25, 0.3) is 0 Å². The van der Waals surface area contributed by atoms with E-state index >= 15 is 0 Å². The number of halogens is 2.